The van der Waals surface area contributed by atoms with Gasteiger partial charge in [-0.15, -0.1) is 11.3 Å². The summed E-state index contributed by atoms with van der Waals surface area (Å²) < 4.78 is 1.25. The maximum Gasteiger partial charge on any atom is 0.275 e. The second-order valence-corrected chi connectivity index (χ2v) is 8.80. The molecule has 4 rings (SSSR count). The molecule has 2 aliphatic rings. The van der Waals surface area contributed by atoms with E-state index in [1.54, 1.807) is 11.3 Å². The first-order valence-corrected chi connectivity index (χ1v) is 10.5. The zero-order valence-electron chi connectivity index (χ0n) is 15.0. The van der Waals surface area contributed by atoms with E-state index in [9.17, 15) is 4.79 Å². The Hall–Kier alpha value is -1.46. The molecule has 1 amide bonds. The highest BCUT2D eigenvalue weighted by Gasteiger charge is 2.34. The largest absolute Gasteiger partial charge is 0.348 e. The fourth-order valence-electron chi connectivity index (χ4n) is 4.46. The van der Waals surface area contributed by atoms with Gasteiger partial charge >= 0.3 is 0 Å². The zero-order chi connectivity index (χ0) is 17.2. The van der Waals surface area contributed by atoms with E-state index in [-0.39, 0.29) is 5.91 Å². The van der Waals surface area contributed by atoms with Crippen LogP contribution in [-0.4, -0.2) is 30.0 Å². The molecule has 1 aromatic heterocycles. The van der Waals surface area contributed by atoms with Crippen molar-refractivity contribution in [2.45, 2.75) is 57.5 Å². The van der Waals surface area contributed by atoms with Crippen molar-refractivity contribution in [3.05, 3.63) is 29.3 Å². The standard InChI is InChI=1S/C20H27N3OS/c1-14-7-2-3-8-15(14)21-19(24)13-23-12-6-10-17(23)20-22-16-9-4-5-11-18(16)25-20/h4-5,9,11,14-15,17H,2-3,6-8,10,12-13H2,1H3,(H,21,24)/p+1/t14-,15-,17-/m1/s1. The topological polar surface area (TPSA) is 46.4 Å². The van der Waals surface area contributed by atoms with Crippen LogP contribution in [0.4, 0.5) is 0 Å². The molecule has 134 valence electrons. The maximum atomic E-state index is 12.6. The fraction of sp³-hybridized carbons (Fsp3) is 0.600. The molecule has 2 fully saturated rings. The van der Waals surface area contributed by atoms with Gasteiger partial charge in [-0.1, -0.05) is 31.9 Å². The average Bonchev–Trinajstić information content (AvgIpc) is 3.23. The third-order valence-electron chi connectivity index (χ3n) is 5.94. The van der Waals surface area contributed by atoms with Crippen molar-refractivity contribution in [3.8, 4) is 0 Å². The molecule has 2 aromatic rings. The van der Waals surface area contributed by atoms with E-state index in [0.717, 1.165) is 24.9 Å². The Balaban J connectivity index is 1.41. The summed E-state index contributed by atoms with van der Waals surface area (Å²) >= 11 is 1.80. The number of fused-ring (bicyclic) bond motifs is 1. The summed E-state index contributed by atoms with van der Waals surface area (Å²) in [6.07, 6.45) is 7.27. The van der Waals surface area contributed by atoms with Gasteiger partial charge in [0, 0.05) is 18.9 Å². The van der Waals surface area contributed by atoms with Crippen LogP contribution in [0.5, 0.6) is 0 Å². The number of hydrogen-bond acceptors (Lipinski definition) is 3. The van der Waals surface area contributed by atoms with E-state index in [0.29, 0.717) is 24.5 Å². The molecule has 4 nitrogen and oxygen atoms in total. The van der Waals surface area contributed by atoms with Crippen LogP contribution in [0, 0.1) is 5.92 Å². The molecular weight excluding hydrogens is 330 g/mol. The van der Waals surface area contributed by atoms with Gasteiger partial charge in [0.1, 0.15) is 6.04 Å². The van der Waals surface area contributed by atoms with E-state index >= 15 is 0 Å². The highest BCUT2D eigenvalue weighted by Crippen LogP contribution is 2.28. The number of quaternary nitrogens is 1. The number of nitrogens with zero attached hydrogens (tertiary/aromatic N) is 1. The normalized spacial score (nSPS) is 29.8. The van der Waals surface area contributed by atoms with E-state index < -0.39 is 0 Å². The number of nitrogens with one attached hydrogen (secondary N) is 2. The van der Waals surface area contributed by atoms with Crippen molar-refractivity contribution in [2.24, 2.45) is 5.92 Å². The molecule has 1 unspecified atom stereocenters. The number of para-hydroxylation sites is 1. The van der Waals surface area contributed by atoms with Crippen LogP contribution in [-0.2, 0) is 4.79 Å². The van der Waals surface area contributed by atoms with Crippen LogP contribution >= 0.6 is 11.3 Å². The molecule has 4 atom stereocenters. The van der Waals surface area contributed by atoms with Crippen LogP contribution in [0.2, 0.25) is 0 Å². The predicted octanol–water partition coefficient (Wildman–Crippen LogP) is 2.71. The molecule has 1 saturated carbocycles. The van der Waals surface area contributed by atoms with E-state index in [1.807, 2.05) is 6.07 Å². The number of carbonyl (C=O) groups is 1. The van der Waals surface area contributed by atoms with Crippen molar-refractivity contribution < 1.29 is 9.69 Å². The molecule has 2 N–H and O–H groups in total. The molecule has 0 bridgehead atoms. The summed E-state index contributed by atoms with van der Waals surface area (Å²) in [6.45, 7) is 3.94. The second-order valence-electron chi connectivity index (χ2n) is 7.74. The van der Waals surface area contributed by atoms with Crippen LogP contribution in [0.3, 0.4) is 0 Å². The van der Waals surface area contributed by atoms with Crippen molar-refractivity contribution in [3.63, 3.8) is 0 Å². The number of thiazole rings is 1. The van der Waals surface area contributed by atoms with E-state index in [2.05, 4.69) is 30.4 Å². The Bertz CT molecular complexity index is 710. The summed E-state index contributed by atoms with van der Waals surface area (Å²) in [5.41, 5.74) is 1.09. The number of rotatable bonds is 4. The number of carbonyl (C=O) groups excluding carboxylic acids is 1. The Labute approximate surface area is 153 Å². The first kappa shape index (κ1) is 17.0. The Morgan fingerprint density at radius 1 is 1.24 bits per heavy atom. The van der Waals surface area contributed by atoms with Gasteiger partial charge in [0.15, 0.2) is 11.6 Å². The smallest absolute Gasteiger partial charge is 0.275 e. The van der Waals surface area contributed by atoms with E-state index in [1.165, 1.54) is 40.3 Å². The molecule has 25 heavy (non-hydrogen) atoms. The van der Waals surface area contributed by atoms with Crippen LogP contribution < -0.4 is 10.2 Å². The molecule has 1 aromatic carbocycles. The second kappa shape index (κ2) is 7.42. The van der Waals surface area contributed by atoms with Crippen molar-refractivity contribution in [2.75, 3.05) is 13.1 Å². The molecule has 1 aliphatic carbocycles. The van der Waals surface area contributed by atoms with Gasteiger partial charge in [-0.3, -0.25) is 4.79 Å². The number of likely N-dealkylation sites (tertiary alicyclic amines) is 1. The highest BCUT2D eigenvalue weighted by molar-refractivity contribution is 7.18. The summed E-state index contributed by atoms with van der Waals surface area (Å²) in [5, 5.41) is 4.52. The zero-order valence-corrected chi connectivity index (χ0v) is 15.8. The Morgan fingerprint density at radius 2 is 2.08 bits per heavy atom. The molecule has 0 spiro atoms. The van der Waals surface area contributed by atoms with Crippen LogP contribution in [0.25, 0.3) is 10.2 Å². The molecule has 5 heteroatoms. The minimum Gasteiger partial charge on any atom is -0.348 e. The number of amides is 1. The number of benzene rings is 1. The summed E-state index contributed by atoms with van der Waals surface area (Å²) in [6, 6.07) is 9.10. The molecule has 1 aliphatic heterocycles. The SMILES string of the molecule is C[C@@H]1CCCC[C@H]1NC(=O)C[NH+]1CCC[C@@H]1c1nc2ccccc2s1. The lowest BCUT2D eigenvalue weighted by Gasteiger charge is -2.30. The number of aromatic nitrogens is 1. The quantitative estimate of drug-likeness (QED) is 0.883. The van der Waals surface area contributed by atoms with Crippen molar-refractivity contribution in [1.29, 1.82) is 0 Å². The first-order valence-electron chi connectivity index (χ1n) is 9.70. The minimum absolute atomic E-state index is 0.224. The lowest BCUT2D eigenvalue weighted by Crippen LogP contribution is -3.11. The Morgan fingerprint density at radius 3 is 2.92 bits per heavy atom. The lowest BCUT2D eigenvalue weighted by molar-refractivity contribution is -0.910. The third kappa shape index (κ3) is 3.72. The summed E-state index contributed by atoms with van der Waals surface area (Å²) in [4.78, 5) is 18.8. The van der Waals surface area contributed by atoms with Gasteiger partial charge < -0.3 is 10.2 Å². The predicted molar refractivity (Wildman–Crippen MR) is 102 cm³/mol. The third-order valence-corrected chi connectivity index (χ3v) is 7.09. The highest BCUT2D eigenvalue weighted by atomic mass is 32.1. The average molecular weight is 359 g/mol. The van der Waals surface area contributed by atoms with Gasteiger partial charge in [-0.05, 0) is 30.9 Å². The van der Waals surface area contributed by atoms with Crippen molar-refractivity contribution in [1.82, 2.24) is 10.3 Å². The summed E-state index contributed by atoms with van der Waals surface area (Å²) in [5.74, 6) is 0.841. The maximum absolute atomic E-state index is 12.6. The molecular formula is C20H28N3OS+. The monoisotopic (exact) mass is 358 g/mol. The fourth-order valence-corrected chi connectivity index (χ4v) is 5.62. The van der Waals surface area contributed by atoms with Gasteiger partial charge in [0.05, 0.1) is 16.8 Å². The van der Waals surface area contributed by atoms with Gasteiger partial charge in [0.25, 0.3) is 5.91 Å². The van der Waals surface area contributed by atoms with E-state index in [4.69, 9.17) is 4.98 Å². The van der Waals surface area contributed by atoms with Crippen LogP contribution in [0.1, 0.15) is 56.5 Å². The summed E-state index contributed by atoms with van der Waals surface area (Å²) in [7, 11) is 0. The van der Waals surface area contributed by atoms with Crippen molar-refractivity contribution >= 4 is 27.5 Å². The van der Waals surface area contributed by atoms with Gasteiger partial charge in [-0.25, -0.2) is 4.98 Å². The first-order chi connectivity index (χ1) is 12.2. The number of hydrogen-bond donors (Lipinski definition) is 2. The minimum atomic E-state index is 0.224. The van der Waals surface area contributed by atoms with Crippen LogP contribution in [0.15, 0.2) is 24.3 Å². The van der Waals surface area contributed by atoms with Gasteiger partial charge in [0.2, 0.25) is 0 Å². The Kier molecular flexibility index (Phi) is 5.04. The lowest BCUT2D eigenvalue weighted by atomic mass is 9.86. The molecule has 0 radical (unpaired) electrons. The molecule has 2 heterocycles. The molecule has 1 saturated heterocycles. The van der Waals surface area contributed by atoms with Gasteiger partial charge in [-0.2, -0.15) is 0 Å².